The van der Waals surface area contributed by atoms with Gasteiger partial charge in [-0.05, 0) is 42.3 Å². The summed E-state index contributed by atoms with van der Waals surface area (Å²) in [5, 5.41) is 0.637. The van der Waals surface area contributed by atoms with E-state index in [9.17, 15) is 8.42 Å². The van der Waals surface area contributed by atoms with Crippen LogP contribution in [-0.4, -0.2) is 12.7 Å². The Bertz CT molecular complexity index is 754. The van der Waals surface area contributed by atoms with Gasteiger partial charge in [0.1, 0.15) is 0 Å². The van der Waals surface area contributed by atoms with E-state index < -0.39 is 10.0 Å². The molecule has 104 valence electrons. The summed E-state index contributed by atoms with van der Waals surface area (Å²) < 4.78 is 26.7. The van der Waals surface area contributed by atoms with E-state index in [-0.39, 0.29) is 0 Å². The fourth-order valence-electron chi connectivity index (χ4n) is 2.36. The summed E-state index contributed by atoms with van der Waals surface area (Å²) in [6.07, 6.45) is 0. The van der Waals surface area contributed by atoms with E-state index in [1.54, 1.807) is 18.2 Å². The van der Waals surface area contributed by atoms with E-state index in [0.29, 0.717) is 23.0 Å². The molecule has 0 spiro atoms. The summed E-state index contributed by atoms with van der Waals surface area (Å²) in [6.45, 7) is 2.72. The van der Waals surface area contributed by atoms with Crippen molar-refractivity contribution in [3.63, 3.8) is 0 Å². The van der Waals surface area contributed by atoms with Gasteiger partial charge in [-0.3, -0.25) is 0 Å². The molecule has 0 unspecified atom stereocenters. The highest BCUT2D eigenvalue weighted by atomic mass is 35.5. The highest BCUT2D eigenvalue weighted by Crippen LogP contribution is 2.30. The van der Waals surface area contributed by atoms with Crippen molar-refractivity contribution < 1.29 is 8.42 Å². The molecule has 5 heteroatoms. The van der Waals surface area contributed by atoms with Crippen molar-refractivity contribution in [3.05, 3.63) is 64.2 Å². The first kappa shape index (κ1) is 13.6. The molecule has 1 aliphatic heterocycles. The number of hydrogen-bond acceptors (Lipinski definition) is 2. The lowest BCUT2D eigenvalue weighted by atomic mass is 10.1. The Morgan fingerprint density at radius 1 is 1.00 bits per heavy atom. The molecule has 0 bridgehead atoms. The highest BCUT2D eigenvalue weighted by Gasteiger charge is 2.30. The molecule has 3 rings (SSSR count). The molecule has 0 atom stereocenters. The summed E-state index contributed by atoms with van der Waals surface area (Å²) in [7, 11) is -3.45. The lowest BCUT2D eigenvalue weighted by Crippen LogP contribution is -2.25. The number of fused-ring (bicyclic) bond motifs is 1. The van der Waals surface area contributed by atoms with Crippen LogP contribution in [0.4, 0.5) is 0 Å². The number of hydrogen-bond donors (Lipinski definition) is 0. The van der Waals surface area contributed by atoms with Crippen LogP contribution >= 0.6 is 11.6 Å². The van der Waals surface area contributed by atoms with Gasteiger partial charge in [-0.1, -0.05) is 35.4 Å². The monoisotopic (exact) mass is 307 g/mol. The number of aryl methyl sites for hydroxylation is 1. The van der Waals surface area contributed by atoms with Crippen LogP contribution in [0.15, 0.2) is 47.4 Å². The fourth-order valence-corrected chi connectivity index (χ4v) is 3.95. The van der Waals surface area contributed by atoms with Crippen LogP contribution in [0.1, 0.15) is 16.7 Å². The third-order valence-electron chi connectivity index (χ3n) is 3.52. The minimum absolute atomic E-state index is 0.335. The van der Waals surface area contributed by atoms with Gasteiger partial charge >= 0.3 is 0 Å². The second kappa shape index (κ2) is 4.88. The molecular formula is C15H14ClNO2S. The third-order valence-corrected chi connectivity index (χ3v) is 5.56. The molecule has 0 fully saturated rings. The topological polar surface area (TPSA) is 37.4 Å². The zero-order chi connectivity index (χ0) is 14.3. The summed E-state index contributed by atoms with van der Waals surface area (Å²) in [5.74, 6) is 0. The second-order valence-electron chi connectivity index (χ2n) is 5.00. The third kappa shape index (κ3) is 2.35. The van der Waals surface area contributed by atoms with Crippen LogP contribution in [0.25, 0.3) is 0 Å². The Balaban J connectivity index is 1.93. The van der Waals surface area contributed by atoms with Gasteiger partial charge in [0.05, 0.1) is 4.90 Å². The molecule has 0 saturated carbocycles. The molecule has 0 aromatic heterocycles. The zero-order valence-corrected chi connectivity index (χ0v) is 12.6. The molecule has 0 N–H and O–H groups in total. The minimum Gasteiger partial charge on any atom is -0.207 e. The van der Waals surface area contributed by atoms with Gasteiger partial charge < -0.3 is 0 Å². The van der Waals surface area contributed by atoms with Crippen LogP contribution in [0.5, 0.6) is 0 Å². The van der Waals surface area contributed by atoms with Gasteiger partial charge in [0.2, 0.25) is 10.0 Å². The van der Waals surface area contributed by atoms with Gasteiger partial charge in [0.15, 0.2) is 0 Å². The second-order valence-corrected chi connectivity index (χ2v) is 7.37. The lowest BCUT2D eigenvalue weighted by molar-refractivity contribution is 0.431. The van der Waals surface area contributed by atoms with Gasteiger partial charge in [-0.15, -0.1) is 0 Å². The van der Waals surface area contributed by atoms with Crippen molar-refractivity contribution in [2.24, 2.45) is 0 Å². The van der Waals surface area contributed by atoms with Gasteiger partial charge in [0, 0.05) is 18.1 Å². The van der Waals surface area contributed by atoms with Crippen LogP contribution in [0.2, 0.25) is 5.02 Å². The maximum atomic E-state index is 12.6. The molecule has 20 heavy (non-hydrogen) atoms. The van der Waals surface area contributed by atoms with E-state index in [2.05, 4.69) is 0 Å². The number of halogens is 1. The molecule has 2 aromatic carbocycles. The van der Waals surface area contributed by atoms with Gasteiger partial charge in [0.25, 0.3) is 0 Å². The summed E-state index contributed by atoms with van der Waals surface area (Å²) in [4.78, 5) is 0.335. The minimum atomic E-state index is -3.45. The number of benzene rings is 2. The standard InChI is InChI=1S/C15H14ClNO2S/c1-11-2-6-15(7-3-11)20(18,19)17-9-12-4-5-14(16)8-13(12)10-17/h2-8H,9-10H2,1H3. The molecule has 2 aromatic rings. The van der Waals surface area contributed by atoms with Crippen LogP contribution in [-0.2, 0) is 23.1 Å². The van der Waals surface area contributed by atoms with E-state index in [1.165, 1.54) is 4.31 Å². The van der Waals surface area contributed by atoms with E-state index in [4.69, 9.17) is 11.6 Å². The van der Waals surface area contributed by atoms with Gasteiger partial charge in [-0.2, -0.15) is 4.31 Å². The first-order valence-corrected chi connectivity index (χ1v) is 8.13. The van der Waals surface area contributed by atoms with Crippen molar-refractivity contribution in [2.75, 3.05) is 0 Å². The predicted molar refractivity (Wildman–Crippen MR) is 79.1 cm³/mol. The normalized spacial score (nSPS) is 15.3. The van der Waals surface area contributed by atoms with Crippen molar-refractivity contribution in [1.29, 1.82) is 0 Å². The molecule has 1 aliphatic rings. The number of sulfonamides is 1. The van der Waals surface area contributed by atoms with E-state index in [0.717, 1.165) is 16.7 Å². The molecule has 0 saturated heterocycles. The van der Waals surface area contributed by atoms with Crippen molar-refractivity contribution >= 4 is 21.6 Å². The zero-order valence-electron chi connectivity index (χ0n) is 11.0. The molecule has 0 amide bonds. The summed E-state index contributed by atoms with van der Waals surface area (Å²) in [6, 6.07) is 12.5. The fraction of sp³-hybridized carbons (Fsp3) is 0.200. The average Bonchev–Trinajstić information content (AvgIpc) is 2.83. The quantitative estimate of drug-likeness (QED) is 0.853. The summed E-state index contributed by atoms with van der Waals surface area (Å²) >= 11 is 5.95. The Morgan fingerprint density at radius 3 is 2.35 bits per heavy atom. The number of nitrogens with zero attached hydrogens (tertiary/aromatic N) is 1. The van der Waals surface area contributed by atoms with Gasteiger partial charge in [-0.25, -0.2) is 8.42 Å². The number of rotatable bonds is 2. The Kier molecular flexibility index (Phi) is 3.32. The Hall–Kier alpha value is -1.36. The maximum Gasteiger partial charge on any atom is 0.243 e. The first-order valence-electron chi connectivity index (χ1n) is 6.31. The largest absolute Gasteiger partial charge is 0.243 e. The molecule has 1 heterocycles. The predicted octanol–water partition coefficient (Wildman–Crippen LogP) is 3.35. The molecule has 3 nitrogen and oxygen atoms in total. The highest BCUT2D eigenvalue weighted by molar-refractivity contribution is 7.89. The SMILES string of the molecule is Cc1ccc(S(=O)(=O)N2Cc3ccc(Cl)cc3C2)cc1. The van der Waals surface area contributed by atoms with E-state index >= 15 is 0 Å². The van der Waals surface area contributed by atoms with E-state index in [1.807, 2.05) is 31.2 Å². The molecule has 0 aliphatic carbocycles. The van der Waals surface area contributed by atoms with Crippen molar-refractivity contribution in [1.82, 2.24) is 4.31 Å². The van der Waals surface area contributed by atoms with Crippen LogP contribution in [0.3, 0.4) is 0 Å². The Morgan fingerprint density at radius 2 is 1.65 bits per heavy atom. The van der Waals surface area contributed by atoms with Crippen molar-refractivity contribution in [3.8, 4) is 0 Å². The van der Waals surface area contributed by atoms with Crippen molar-refractivity contribution in [2.45, 2.75) is 24.9 Å². The van der Waals surface area contributed by atoms with Crippen LogP contribution in [0, 0.1) is 6.92 Å². The maximum absolute atomic E-state index is 12.6. The average molecular weight is 308 g/mol. The molecule has 0 radical (unpaired) electrons. The Labute approximate surface area is 123 Å². The molecular weight excluding hydrogens is 294 g/mol. The summed E-state index contributed by atoms with van der Waals surface area (Å²) in [5.41, 5.74) is 3.04. The van der Waals surface area contributed by atoms with Crippen LogP contribution < -0.4 is 0 Å². The lowest BCUT2D eigenvalue weighted by Gasteiger charge is -2.15. The smallest absolute Gasteiger partial charge is 0.207 e. The first-order chi connectivity index (χ1) is 9.46.